The second-order valence-electron chi connectivity index (χ2n) is 5.16. The molecule has 2 aromatic rings. The van der Waals surface area contributed by atoms with E-state index >= 15 is 0 Å². The maximum absolute atomic E-state index is 12.9. The van der Waals surface area contributed by atoms with Crippen LogP contribution >= 0.6 is 0 Å². The fourth-order valence-electron chi connectivity index (χ4n) is 2.04. The average Bonchev–Trinajstić information content (AvgIpc) is 2.41. The molecule has 0 amide bonds. The lowest BCUT2D eigenvalue weighted by atomic mass is 10.1. The summed E-state index contributed by atoms with van der Waals surface area (Å²) < 4.78 is 12.9. The highest BCUT2D eigenvalue weighted by atomic mass is 19.1. The standard InChI is InChI=1S/C16H20FN3/c1-11-9-14(20(3)4)6-8-15(11)19-12(2)16-7-5-13(17)10-18-16/h5-10,12,19H,1-4H3. The van der Waals surface area contributed by atoms with Crippen molar-refractivity contribution in [1.29, 1.82) is 0 Å². The molecule has 0 spiro atoms. The molecule has 2 rings (SSSR count). The predicted molar refractivity (Wildman–Crippen MR) is 81.7 cm³/mol. The SMILES string of the molecule is Cc1cc(N(C)C)ccc1NC(C)c1ccc(F)cn1. The number of nitrogens with one attached hydrogen (secondary N) is 1. The van der Waals surface area contributed by atoms with Gasteiger partial charge in [-0.3, -0.25) is 4.98 Å². The molecule has 1 atom stereocenters. The van der Waals surface area contributed by atoms with Crippen molar-refractivity contribution in [2.24, 2.45) is 0 Å². The van der Waals surface area contributed by atoms with Crippen LogP contribution < -0.4 is 10.2 Å². The number of aryl methyl sites for hydroxylation is 1. The fraction of sp³-hybridized carbons (Fsp3) is 0.312. The molecular formula is C16H20FN3. The van der Waals surface area contributed by atoms with E-state index in [-0.39, 0.29) is 11.9 Å². The first kappa shape index (κ1) is 14.3. The quantitative estimate of drug-likeness (QED) is 0.919. The number of hydrogen-bond acceptors (Lipinski definition) is 3. The van der Waals surface area contributed by atoms with Gasteiger partial charge in [0.1, 0.15) is 5.82 Å². The van der Waals surface area contributed by atoms with Crippen molar-refractivity contribution in [1.82, 2.24) is 4.98 Å². The molecule has 0 aliphatic heterocycles. The van der Waals surface area contributed by atoms with E-state index in [0.29, 0.717) is 0 Å². The molecule has 106 valence electrons. The minimum Gasteiger partial charge on any atom is -0.378 e. The van der Waals surface area contributed by atoms with Gasteiger partial charge in [-0.15, -0.1) is 0 Å². The van der Waals surface area contributed by atoms with E-state index in [4.69, 9.17) is 0 Å². The molecule has 0 bridgehead atoms. The van der Waals surface area contributed by atoms with Gasteiger partial charge in [0.05, 0.1) is 17.9 Å². The van der Waals surface area contributed by atoms with Crippen LogP contribution in [0.5, 0.6) is 0 Å². The van der Waals surface area contributed by atoms with E-state index < -0.39 is 0 Å². The van der Waals surface area contributed by atoms with Crippen LogP contribution in [0.4, 0.5) is 15.8 Å². The Labute approximate surface area is 119 Å². The molecule has 20 heavy (non-hydrogen) atoms. The van der Waals surface area contributed by atoms with Gasteiger partial charge in [-0.2, -0.15) is 0 Å². The third kappa shape index (κ3) is 3.26. The highest BCUT2D eigenvalue weighted by molar-refractivity contribution is 5.60. The van der Waals surface area contributed by atoms with Crippen LogP contribution in [0.25, 0.3) is 0 Å². The van der Waals surface area contributed by atoms with Crippen molar-refractivity contribution in [3.8, 4) is 0 Å². The molecule has 0 fully saturated rings. The van der Waals surface area contributed by atoms with E-state index in [1.54, 1.807) is 6.07 Å². The largest absolute Gasteiger partial charge is 0.378 e. The first-order valence-corrected chi connectivity index (χ1v) is 6.63. The van der Waals surface area contributed by atoms with Gasteiger partial charge in [0.25, 0.3) is 0 Å². The molecule has 0 aliphatic carbocycles. The summed E-state index contributed by atoms with van der Waals surface area (Å²) in [6.45, 7) is 4.08. The lowest BCUT2D eigenvalue weighted by molar-refractivity contribution is 0.617. The Kier molecular flexibility index (Phi) is 4.23. The molecule has 0 saturated carbocycles. The molecule has 4 heteroatoms. The normalized spacial score (nSPS) is 12.1. The Morgan fingerprint density at radius 1 is 1.20 bits per heavy atom. The van der Waals surface area contributed by atoms with Crippen LogP contribution in [-0.2, 0) is 0 Å². The number of rotatable bonds is 4. The van der Waals surface area contributed by atoms with Gasteiger partial charge >= 0.3 is 0 Å². The Morgan fingerprint density at radius 2 is 1.95 bits per heavy atom. The van der Waals surface area contributed by atoms with Gasteiger partial charge in [-0.1, -0.05) is 0 Å². The zero-order valence-corrected chi connectivity index (χ0v) is 12.3. The molecule has 0 radical (unpaired) electrons. The number of benzene rings is 1. The topological polar surface area (TPSA) is 28.2 Å². The summed E-state index contributed by atoms with van der Waals surface area (Å²) in [5, 5.41) is 3.41. The summed E-state index contributed by atoms with van der Waals surface area (Å²) in [4.78, 5) is 6.18. The fourth-order valence-corrected chi connectivity index (χ4v) is 2.04. The van der Waals surface area contributed by atoms with Crippen LogP contribution in [0.15, 0.2) is 36.5 Å². The third-order valence-corrected chi connectivity index (χ3v) is 3.29. The summed E-state index contributed by atoms with van der Waals surface area (Å²) in [7, 11) is 4.04. The van der Waals surface area contributed by atoms with Crippen LogP contribution in [0.3, 0.4) is 0 Å². The Morgan fingerprint density at radius 3 is 2.50 bits per heavy atom. The van der Waals surface area contributed by atoms with Crippen molar-refractivity contribution < 1.29 is 4.39 Å². The molecule has 1 aromatic carbocycles. The highest BCUT2D eigenvalue weighted by Gasteiger charge is 2.09. The highest BCUT2D eigenvalue weighted by Crippen LogP contribution is 2.24. The van der Waals surface area contributed by atoms with E-state index in [1.165, 1.54) is 23.5 Å². The third-order valence-electron chi connectivity index (χ3n) is 3.29. The maximum Gasteiger partial charge on any atom is 0.141 e. The van der Waals surface area contributed by atoms with Crippen molar-refractivity contribution in [2.45, 2.75) is 19.9 Å². The molecule has 1 heterocycles. The molecule has 0 aliphatic rings. The lowest BCUT2D eigenvalue weighted by Crippen LogP contribution is -2.11. The minimum atomic E-state index is -0.313. The monoisotopic (exact) mass is 273 g/mol. The molecule has 1 N–H and O–H groups in total. The van der Waals surface area contributed by atoms with E-state index in [2.05, 4.69) is 40.3 Å². The molecule has 1 unspecified atom stereocenters. The first-order chi connectivity index (χ1) is 9.47. The second kappa shape index (κ2) is 5.90. The van der Waals surface area contributed by atoms with Crippen molar-refractivity contribution in [2.75, 3.05) is 24.3 Å². The summed E-state index contributed by atoms with van der Waals surface area (Å²) in [6, 6.07) is 9.43. The molecular weight excluding hydrogens is 253 g/mol. The van der Waals surface area contributed by atoms with Crippen LogP contribution in [0, 0.1) is 12.7 Å². The number of hydrogen-bond donors (Lipinski definition) is 1. The zero-order valence-electron chi connectivity index (χ0n) is 12.3. The maximum atomic E-state index is 12.9. The van der Waals surface area contributed by atoms with E-state index in [1.807, 2.05) is 21.0 Å². The predicted octanol–water partition coefficient (Wildman–Crippen LogP) is 3.77. The van der Waals surface area contributed by atoms with Crippen LogP contribution in [0.2, 0.25) is 0 Å². The lowest BCUT2D eigenvalue weighted by Gasteiger charge is -2.19. The van der Waals surface area contributed by atoms with Crippen molar-refractivity contribution >= 4 is 11.4 Å². The van der Waals surface area contributed by atoms with Crippen LogP contribution in [-0.4, -0.2) is 19.1 Å². The molecule has 3 nitrogen and oxygen atoms in total. The minimum absolute atomic E-state index is 0.0273. The molecule has 0 saturated heterocycles. The van der Waals surface area contributed by atoms with Crippen LogP contribution in [0.1, 0.15) is 24.2 Å². The van der Waals surface area contributed by atoms with E-state index in [0.717, 1.165) is 11.4 Å². The number of pyridine rings is 1. The number of halogens is 1. The van der Waals surface area contributed by atoms with Crippen molar-refractivity contribution in [3.63, 3.8) is 0 Å². The van der Waals surface area contributed by atoms with Gasteiger partial charge < -0.3 is 10.2 Å². The average molecular weight is 273 g/mol. The number of nitrogens with zero attached hydrogens (tertiary/aromatic N) is 2. The van der Waals surface area contributed by atoms with E-state index in [9.17, 15) is 4.39 Å². The number of aromatic nitrogens is 1. The summed E-state index contributed by atoms with van der Waals surface area (Å²) in [5.41, 5.74) is 4.22. The summed E-state index contributed by atoms with van der Waals surface area (Å²) >= 11 is 0. The number of anilines is 2. The van der Waals surface area contributed by atoms with Gasteiger partial charge in [0.15, 0.2) is 0 Å². The zero-order chi connectivity index (χ0) is 14.7. The molecule has 1 aromatic heterocycles. The van der Waals surface area contributed by atoms with Gasteiger partial charge in [-0.25, -0.2) is 4.39 Å². The van der Waals surface area contributed by atoms with Gasteiger partial charge in [0.2, 0.25) is 0 Å². The second-order valence-corrected chi connectivity index (χ2v) is 5.16. The Hall–Kier alpha value is -2.10. The van der Waals surface area contributed by atoms with Crippen molar-refractivity contribution in [3.05, 3.63) is 53.6 Å². The first-order valence-electron chi connectivity index (χ1n) is 6.63. The Balaban J connectivity index is 2.15. The summed E-state index contributed by atoms with van der Waals surface area (Å²) in [6.07, 6.45) is 1.25. The summed E-state index contributed by atoms with van der Waals surface area (Å²) in [5.74, 6) is -0.313. The smallest absolute Gasteiger partial charge is 0.141 e. The Bertz CT molecular complexity index is 579. The van der Waals surface area contributed by atoms with Gasteiger partial charge in [0, 0.05) is 25.5 Å². The van der Waals surface area contributed by atoms with Gasteiger partial charge in [-0.05, 0) is 49.7 Å².